The summed E-state index contributed by atoms with van der Waals surface area (Å²) in [5, 5.41) is 6.28. The first kappa shape index (κ1) is 18.1. The van der Waals surface area contributed by atoms with Crippen molar-refractivity contribution < 1.29 is 14.3 Å². The highest BCUT2D eigenvalue weighted by Gasteiger charge is 2.08. The van der Waals surface area contributed by atoms with E-state index in [4.69, 9.17) is 4.74 Å². The molecule has 25 heavy (non-hydrogen) atoms. The van der Waals surface area contributed by atoms with Gasteiger partial charge in [-0.25, -0.2) is 5.43 Å². The van der Waals surface area contributed by atoms with Crippen molar-refractivity contribution in [2.24, 2.45) is 5.10 Å². The van der Waals surface area contributed by atoms with Crippen molar-refractivity contribution in [1.29, 1.82) is 0 Å². The van der Waals surface area contributed by atoms with Gasteiger partial charge in [-0.1, -0.05) is 18.2 Å². The number of hydrogen-bond donors (Lipinski definition) is 2. The lowest BCUT2D eigenvalue weighted by atomic mass is 10.1. The maximum atomic E-state index is 11.8. The third kappa shape index (κ3) is 6.06. The fourth-order valence-corrected chi connectivity index (χ4v) is 2.06. The molecule has 0 saturated heterocycles. The van der Waals surface area contributed by atoms with Crippen LogP contribution in [0.25, 0.3) is 0 Å². The van der Waals surface area contributed by atoms with Crippen LogP contribution in [0.1, 0.15) is 16.7 Å². The first-order valence-electron chi connectivity index (χ1n) is 7.74. The van der Waals surface area contributed by atoms with E-state index in [0.717, 1.165) is 16.7 Å². The molecule has 0 atom stereocenters. The van der Waals surface area contributed by atoms with Gasteiger partial charge < -0.3 is 10.1 Å². The van der Waals surface area contributed by atoms with Crippen molar-refractivity contribution in [2.45, 2.75) is 13.8 Å². The second kappa shape index (κ2) is 9.17. The SMILES string of the molecule is Cc1cccc(C)c1OCC(=O)NCC(=O)N/N=C/c1ccncc1. The average molecular weight is 340 g/mol. The van der Waals surface area contributed by atoms with E-state index in [9.17, 15) is 9.59 Å². The molecule has 2 aromatic rings. The zero-order chi connectivity index (χ0) is 18.1. The molecule has 130 valence electrons. The van der Waals surface area contributed by atoms with Crippen molar-refractivity contribution in [3.05, 3.63) is 59.4 Å². The van der Waals surface area contributed by atoms with Gasteiger partial charge in [0.05, 0.1) is 12.8 Å². The molecule has 7 heteroatoms. The van der Waals surface area contributed by atoms with E-state index in [1.165, 1.54) is 6.21 Å². The smallest absolute Gasteiger partial charge is 0.259 e. The van der Waals surface area contributed by atoms with Gasteiger partial charge in [0.2, 0.25) is 0 Å². The molecule has 0 bridgehead atoms. The fraction of sp³-hybridized carbons (Fsp3) is 0.222. The maximum absolute atomic E-state index is 11.8. The average Bonchev–Trinajstić information content (AvgIpc) is 2.60. The van der Waals surface area contributed by atoms with Crippen LogP contribution in [0.4, 0.5) is 0 Å². The van der Waals surface area contributed by atoms with E-state index in [2.05, 4.69) is 20.8 Å². The van der Waals surface area contributed by atoms with E-state index < -0.39 is 5.91 Å². The number of nitrogens with one attached hydrogen (secondary N) is 2. The molecular weight excluding hydrogens is 320 g/mol. The molecule has 1 heterocycles. The Labute approximate surface area is 146 Å². The van der Waals surface area contributed by atoms with Gasteiger partial charge in [-0.3, -0.25) is 14.6 Å². The monoisotopic (exact) mass is 340 g/mol. The second-order valence-corrected chi connectivity index (χ2v) is 5.36. The van der Waals surface area contributed by atoms with Gasteiger partial charge >= 0.3 is 0 Å². The molecule has 2 rings (SSSR count). The Balaban J connectivity index is 1.71. The number of nitrogens with zero attached hydrogens (tertiary/aromatic N) is 2. The van der Waals surface area contributed by atoms with E-state index in [-0.39, 0.29) is 19.1 Å². The van der Waals surface area contributed by atoms with Gasteiger partial charge in [-0.15, -0.1) is 0 Å². The van der Waals surface area contributed by atoms with Crippen molar-refractivity contribution in [3.8, 4) is 5.75 Å². The predicted octanol–water partition coefficient (Wildman–Crippen LogP) is 1.34. The van der Waals surface area contributed by atoms with Gasteiger partial charge in [0, 0.05) is 12.4 Å². The first-order valence-corrected chi connectivity index (χ1v) is 7.74. The molecule has 2 N–H and O–H groups in total. The number of aryl methyl sites for hydroxylation is 2. The van der Waals surface area contributed by atoms with Gasteiger partial charge in [-0.05, 0) is 42.7 Å². The van der Waals surface area contributed by atoms with Gasteiger partial charge in [0.1, 0.15) is 5.75 Å². The van der Waals surface area contributed by atoms with Crippen molar-refractivity contribution in [2.75, 3.05) is 13.2 Å². The Kier molecular flexibility index (Phi) is 6.65. The van der Waals surface area contributed by atoms with Crippen LogP contribution < -0.4 is 15.5 Å². The van der Waals surface area contributed by atoms with Crippen LogP contribution in [0.15, 0.2) is 47.8 Å². The van der Waals surface area contributed by atoms with Crippen molar-refractivity contribution >= 4 is 18.0 Å². The number of para-hydroxylation sites is 1. The Morgan fingerprint density at radius 2 is 1.80 bits per heavy atom. The van der Waals surface area contributed by atoms with Crippen LogP contribution in [-0.2, 0) is 9.59 Å². The van der Waals surface area contributed by atoms with Gasteiger partial charge in [0.25, 0.3) is 11.8 Å². The number of aromatic nitrogens is 1. The number of amides is 2. The third-order valence-electron chi connectivity index (χ3n) is 3.31. The van der Waals surface area contributed by atoms with Crippen molar-refractivity contribution in [3.63, 3.8) is 0 Å². The summed E-state index contributed by atoms with van der Waals surface area (Å²) in [6.45, 7) is 3.49. The minimum absolute atomic E-state index is 0.154. The fourth-order valence-electron chi connectivity index (χ4n) is 2.06. The Bertz CT molecular complexity index is 740. The Hall–Kier alpha value is -3.22. The highest BCUT2D eigenvalue weighted by Crippen LogP contribution is 2.21. The number of hydrogen-bond acceptors (Lipinski definition) is 5. The normalized spacial score (nSPS) is 10.5. The molecule has 2 amide bonds. The summed E-state index contributed by atoms with van der Waals surface area (Å²) in [7, 11) is 0. The summed E-state index contributed by atoms with van der Waals surface area (Å²) in [5.74, 6) is -0.120. The van der Waals surface area contributed by atoms with E-state index in [1.54, 1.807) is 24.5 Å². The molecule has 0 aliphatic carbocycles. The number of hydrazone groups is 1. The highest BCUT2D eigenvalue weighted by molar-refractivity contribution is 5.86. The van der Waals surface area contributed by atoms with E-state index in [1.807, 2.05) is 32.0 Å². The summed E-state index contributed by atoms with van der Waals surface area (Å²) in [5.41, 5.74) is 5.05. The third-order valence-corrected chi connectivity index (χ3v) is 3.31. The quantitative estimate of drug-likeness (QED) is 0.588. The first-order chi connectivity index (χ1) is 12.1. The molecule has 7 nitrogen and oxygen atoms in total. The molecule has 0 radical (unpaired) electrons. The van der Waals surface area contributed by atoms with Gasteiger partial charge in [0.15, 0.2) is 6.61 Å². The maximum Gasteiger partial charge on any atom is 0.259 e. The molecule has 0 fully saturated rings. The molecule has 1 aromatic carbocycles. The van der Waals surface area contributed by atoms with E-state index in [0.29, 0.717) is 5.75 Å². The molecule has 0 spiro atoms. The zero-order valence-electron chi connectivity index (χ0n) is 14.2. The number of carbonyl (C=O) groups is 2. The van der Waals surface area contributed by atoms with Crippen molar-refractivity contribution in [1.82, 2.24) is 15.7 Å². The number of carbonyl (C=O) groups excluding carboxylic acids is 2. The molecular formula is C18H20N4O3. The second-order valence-electron chi connectivity index (χ2n) is 5.36. The summed E-state index contributed by atoms with van der Waals surface area (Å²) < 4.78 is 5.52. The Morgan fingerprint density at radius 3 is 2.48 bits per heavy atom. The van der Waals surface area contributed by atoms with Crippen LogP contribution in [0.5, 0.6) is 5.75 Å². The molecule has 0 aliphatic heterocycles. The van der Waals surface area contributed by atoms with Crippen LogP contribution in [0.2, 0.25) is 0 Å². The standard InChI is InChI=1S/C18H20N4O3/c1-13-4-3-5-14(2)18(13)25-12-17(24)20-11-16(23)22-21-10-15-6-8-19-9-7-15/h3-10H,11-12H2,1-2H3,(H,20,24)(H,22,23)/b21-10+. The topological polar surface area (TPSA) is 92.7 Å². The minimum atomic E-state index is -0.425. The van der Waals surface area contributed by atoms with Gasteiger partial charge in [-0.2, -0.15) is 5.10 Å². The van der Waals surface area contributed by atoms with Crippen LogP contribution in [-0.4, -0.2) is 36.2 Å². The van der Waals surface area contributed by atoms with Crippen LogP contribution in [0.3, 0.4) is 0 Å². The number of pyridine rings is 1. The minimum Gasteiger partial charge on any atom is -0.483 e. The molecule has 1 aromatic heterocycles. The van der Waals surface area contributed by atoms with Crippen LogP contribution >= 0.6 is 0 Å². The van der Waals surface area contributed by atoms with Crippen LogP contribution in [0, 0.1) is 13.8 Å². The Morgan fingerprint density at radius 1 is 1.12 bits per heavy atom. The lowest BCUT2D eigenvalue weighted by molar-refractivity contribution is -0.127. The summed E-state index contributed by atoms with van der Waals surface area (Å²) in [6, 6.07) is 9.25. The molecule has 0 unspecified atom stereocenters. The summed E-state index contributed by atoms with van der Waals surface area (Å²) in [6.07, 6.45) is 4.74. The number of ether oxygens (including phenoxy) is 1. The highest BCUT2D eigenvalue weighted by atomic mass is 16.5. The lowest BCUT2D eigenvalue weighted by Crippen LogP contribution is -2.37. The largest absolute Gasteiger partial charge is 0.483 e. The zero-order valence-corrected chi connectivity index (χ0v) is 14.2. The number of rotatable bonds is 7. The summed E-state index contributed by atoms with van der Waals surface area (Å²) >= 11 is 0. The molecule has 0 aliphatic rings. The van der Waals surface area contributed by atoms with E-state index >= 15 is 0 Å². The molecule has 0 saturated carbocycles. The number of benzene rings is 1. The lowest BCUT2D eigenvalue weighted by Gasteiger charge is -2.11. The summed E-state index contributed by atoms with van der Waals surface area (Å²) in [4.78, 5) is 27.3. The predicted molar refractivity (Wildman–Crippen MR) is 94.4 cm³/mol.